The molecule has 6 nitrogen and oxygen atoms in total. The van der Waals surface area contributed by atoms with Gasteiger partial charge < -0.3 is 9.64 Å². The lowest BCUT2D eigenvalue weighted by Crippen LogP contribution is -2.38. The fourth-order valence-electron chi connectivity index (χ4n) is 3.22. The number of nitrogens with zero attached hydrogens (tertiary/aromatic N) is 5. The summed E-state index contributed by atoms with van der Waals surface area (Å²) in [6.45, 7) is 8.04. The van der Waals surface area contributed by atoms with Crippen LogP contribution in [0.4, 0.5) is 5.82 Å². The van der Waals surface area contributed by atoms with E-state index < -0.39 is 0 Å². The maximum Gasteiger partial charge on any atom is 0.156 e. The van der Waals surface area contributed by atoms with Crippen molar-refractivity contribution in [3.05, 3.63) is 35.0 Å². The molecule has 25 heavy (non-hydrogen) atoms. The molecule has 0 N–H and O–H groups in total. The molecule has 4 rings (SSSR count). The van der Waals surface area contributed by atoms with Crippen molar-refractivity contribution in [3.8, 4) is 5.75 Å². The molecule has 0 aliphatic carbocycles. The highest BCUT2D eigenvalue weighted by atomic mass is 32.1. The van der Waals surface area contributed by atoms with E-state index in [9.17, 15) is 0 Å². The molecule has 0 amide bonds. The number of fused-ring (bicyclic) bond motifs is 1. The molecule has 1 aliphatic rings. The molecule has 1 aliphatic heterocycles. The van der Waals surface area contributed by atoms with Gasteiger partial charge in [-0.2, -0.15) is 0 Å². The van der Waals surface area contributed by atoms with Crippen LogP contribution in [-0.4, -0.2) is 39.1 Å². The van der Waals surface area contributed by atoms with E-state index in [2.05, 4.69) is 38.7 Å². The molecular formula is C18H21N5OS. The Labute approximate surface area is 150 Å². The Balaban J connectivity index is 1.48. The van der Waals surface area contributed by atoms with Crippen molar-refractivity contribution in [2.24, 2.45) is 0 Å². The van der Waals surface area contributed by atoms with Crippen LogP contribution in [0.25, 0.3) is 10.2 Å². The number of hydrogen-bond acceptors (Lipinski definition) is 7. The Hall–Kier alpha value is -2.28. The molecule has 1 fully saturated rings. The zero-order valence-corrected chi connectivity index (χ0v) is 15.5. The summed E-state index contributed by atoms with van der Waals surface area (Å²) in [6, 6.07) is 0. The highest BCUT2D eigenvalue weighted by molar-refractivity contribution is 7.18. The first-order valence-corrected chi connectivity index (χ1v) is 9.34. The average molecular weight is 355 g/mol. The third kappa shape index (κ3) is 3.16. The molecule has 3 aromatic rings. The zero-order chi connectivity index (χ0) is 17.4. The van der Waals surface area contributed by atoms with Gasteiger partial charge >= 0.3 is 0 Å². The van der Waals surface area contributed by atoms with Crippen LogP contribution in [-0.2, 0) is 0 Å². The van der Waals surface area contributed by atoms with E-state index in [0.29, 0.717) is 0 Å². The number of aromatic nitrogens is 4. The smallest absolute Gasteiger partial charge is 0.156 e. The van der Waals surface area contributed by atoms with Crippen LogP contribution in [0.3, 0.4) is 0 Å². The van der Waals surface area contributed by atoms with Gasteiger partial charge in [0.15, 0.2) is 5.75 Å². The molecule has 130 valence electrons. The lowest BCUT2D eigenvalue weighted by atomic mass is 10.1. The van der Waals surface area contributed by atoms with Crippen molar-refractivity contribution in [3.63, 3.8) is 0 Å². The second kappa shape index (κ2) is 6.55. The molecule has 1 saturated heterocycles. The summed E-state index contributed by atoms with van der Waals surface area (Å²) >= 11 is 1.74. The van der Waals surface area contributed by atoms with Gasteiger partial charge in [0.05, 0.1) is 17.8 Å². The van der Waals surface area contributed by atoms with Crippen molar-refractivity contribution >= 4 is 27.4 Å². The van der Waals surface area contributed by atoms with Crippen molar-refractivity contribution < 1.29 is 4.74 Å². The second-order valence-electron chi connectivity index (χ2n) is 6.43. The van der Waals surface area contributed by atoms with Crippen LogP contribution < -0.4 is 9.64 Å². The summed E-state index contributed by atoms with van der Waals surface area (Å²) in [4.78, 5) is 22.2. The number of aryl methyl sites for hydroxylation is 3. The highest BCUT2D eigenvalue weighted by Gasteiger charge is 2.24. The maximum atomic E-state index is 6.03. The zero-order valence-electron chi connectivity index (χ0n) is 14.7. The fraction of sp³-hybridized carbons (Fsp3) is 0.444. The van der Waals surface area contributed by atoms with Gasteiger partial charge in [-0.05, 0) is 26.3 Å². The van der Waals surface area contributed by atoms with Gasteiger partial charge in [-0.25, -0.2) is 19.9 Å². The van der Waals surface area contributed by atoms with Crippen LogP contribution in [0, 0.1) is 20.8 Å². The second-order valence-corrected chi connectivity index (χ2v) is 7.63. The predicted molar refractivity (Wildman–Crippen MR) is 99.5 cm³/mol. The lowest BCUT2D eigenvalue weighted by molar-refractivity contribution is 0.169. The van der Waals surface area contributed by atoms with E-state index in [1.807, 2.05) is 6.92 Å². The van der Waals surface area contributed by atoms with Crippen molar-refractivity contribution in [1.82, 2.24) is 19.9 Å². The molecule has 3 aromatic heterocycles. The highest BCUT2D eigenvalue weighted by Crippen LogP contribution is 2.35. The van der Waals surface area contributed by atoms with E-state index >= 15 is 0 Å². The summed E-state index contributed by atoms with van der Waals surface area (Å²) in [5.41, 5.74) is 1.30. The van der Waals surface area contributed by atoms with Crippen LogP contribution in [0.5, 0.6) is 5.75 Å². The third-order valence-corrected chi connectivity index (χ3v) is 5.86. The molecular weight excluding hydrogens is 334 g/mol. The van der Waals surface area contributed by atoms with E-state index in [4.69, 9.17) is 4.74 Å². The quantitative estimate of drug-likeness (QED) is 0.717. The normalized spacial score (nSPS) is 15.7. The Morgan fingerprint density at radius 2 is 1.76 bits per heavy atom. The molecule has 0 aromatic carbocycles. The summed E-state index contributed by atoms with van der Waals surface area (Å²) in [6.07, 6.45) is 7.30. The number of thiophene rings is 1. The van der Waals surface area contributed by atoms with Gasteiger partial charge in [-0.3, -0.25) is 0 Å². The molecule has 7 heteroatoms. The van der Waals surface area contributed by atoms with E-state index in [1.165, 1.54) is 15.8 Å². The van der Waals surface area contributed by atoms with Gasteiger partial charge in [0.25, 0.3) is 0 Å². The average Bonchev–Trinajstić information content (AvgIpc) is 2.92. The van der Waals surface area contributed by atoms with Crippen LogP contribution in [0.15, 0.2) is 18.7 Å². The Kier molecular flexibility index (Phi) is 4.25. The van der Waals surface area contributed by atoms with Gasteiger partial charge in [-0.15, -0.1) is 11.3 Å². The maximum absolute atomic E-state index is 6.03. The molecule has 0 atom stereocenters. The lowest BCUT2D eigenvalue weighted by Gasteiger charge is -2.33. The number of hydrogen-bond donors (Lipinski definition) is 0. The minimum atomic E-state index is 0.199. The van der Waals surface area contributed by atoms with Gasteiger partial charge in [0.2, 0.25) is 0 Å². The Morgan fingerprint density at radius 1 is 1.04 bits per heavy atom. The monoisotopic (exact) mass is 355 g/mol. The van der Waals surface area contributed by atoms with Crippen molar-refractivity contribution in [2.75, 3.05) is 18.0 Å². The summed E-state index contributed by atoms with van der Waals surface area (Å²) < 4.78 is 6.03. The van der Waals surface area contributed by atoms with Crippen LogP contribution >= 0.6 is 11.3 Å². The Morgan fingerprint density at radius 3 is 2.48 bits per heavy atom. The van der Waals surface area contributed by atoms with Gasteiger partial charge in [0, 0.05) is 30.8 Å². The van der Waals surface area contributed by atoms with Crippen LogP contribution in [0.1, 0.15) is 29.1 Å². The first kappa shape index (κ1) is 16.2. The first-order chi connectivity index (χ1) is 12.1. The topological polar surface area (TPSA) is 64.0 Å². The summed E-state index contributed by atoms with van der Waals surface area (Å²) in [7, 11) is 0. The standard InChI is InChI=1S/C18H21N5OS/c1-11-12(2)25-18-16(11)17(21-10-22-18)23-6-4-14(5-7-23)24-15-8-19-13(3)20-9-15/h8-10,14H,4-7H2,1-3H3. The first-order valence-electron chi connectivity index (χ1n) is 8.53. The molecule has 0 saturated carbocycles. The molecule has 0 spiro atoms. The summed E-state index contributed by atoms with van der Waals surface area (Å²) in [5, 5.41) is 1.20. The Bertz CT molecular complexity index is 884. The number of ether oxygens (including phenoxy) is 1. The van der Waals surface area contributed by atoms with E-state index in [1.54, 1.807) is 30.1 Å². The number of rotatable bonds is 3. The minimum absolute atomic E-state index is 0.199. The van der Waals surface area contributed by atoms with Crippen molar-refractivity contribution in [2.45, 2.75) is 39.7 Å². The molecule has 0 radical (unpaired) electrons. The van der Waals surface area contributed by atoms with Gasteiger partial charge in [0.1, 0.15) is 28.9 Å². The molecule has 4 heterocycles. The predicted octanol–water partition coefficient (Wildman–Crippen LogP) is 3.45. The molecule has 0 unspecified atom stereocenters. The largest absolute Gasteiger partial charge is 0.487 e. The fourth-order valence-corrected chi connectivity index (χ4v) is 4.21. The number of anilines is 1. The van der Waals surface area contributed by atoms with E-state index in [-0.39, 0.29) is 6.10 Å². The third-order valence-electron chi connectivity index (χ3n) is 4.75. The SMILES string of the molecule is Cc1ncc(OC2CCN(c3ncnc4sc(C)c(C)c34)CC2)cn1. The minimum Gasteiger partial charge on any atom is -0.487 e. The van der Waals surface area contributed by atoms with Crippen molar-refractivity contribution in [1.29, 1.82) is 0 Å². The summed E-state index contributed by atoms with van der Waals surface area (Å²) in [5.74, 6) is 2.57. The number of piperidine rings is 1. The van der Waals surface area contributed by atoms with Crippen LogP contribution in [0.2, 0.25) is 0 Å². The molecule has 0 bridgehead atoms. The van der Waals surface area contributed by atoms with Gasteiger partial charge in [-0.1, -0.05) is 0 Å². The van der Waals surface area contributed by atoms with E-state index in [0.717, 1.165) is 48.2 Å².